The number of hydrogen-bond acceptors (Lipinski definition) is 1. The van der Waals surface area contributed by atoms with E-state index in [1.165, 1.54) is 6.92 Å². The molecule has 0 aromatic heterocycles. The molecule has 0 saturated carbocycles. The lowest BCUT2D eigenvalue weighted by atomic mass is 10.1. The van der Waals surface area contributed by atoms with Crippen molar-refractivity contribution < 1.29 is 8.78 Å². The van der Waals surface area contributed by atoms with Crippen LogP contribution in [0.25, 0.3) is 0 Å². The summed E-state index contributed by atoms with van der Waals surface area (Å²) >= 11 is 0. The van der Waals surface area contributed by atoms with Crippen molar-refractivity contribution in [1.82, 2.24) is 0 Å². The van der Waals surface area contributed by atoms with Crippen molar-refractivity contribution in [1.29, 1.82) is 5.26 Å². The van der Waals surface area contributed by atoms with Crippen molar-refractivity contribution in [3.63, 3.8) is 0 Å². The highest BCUT2D eigenvalue weighted by atomic mass is 19.1. The second kappa shape index (κ2) is 2.67. The molecule has 1 nitrogen and oxygen atoms in total. The Morgan fingerprint density at radius 3 is 2.55 bits per heavy atom. The van der Waals surface area contributed by atoms with E-state index in [9.17, 15) is 8.78 Å². The molecule has 0 aliphatic carbocycles. The summed E-state index contributed by atoms with van der Waals surface area (Å²) in [5, 5.41) is 8.32. The fourth-order valence-corrected chi connectivity index (χ4v) is 0.748. The Labute approximate surface area is 62.9 Å². The molecular weight excluding hydrogens is 148 g/mol. The van der Waals surface area contributed by atoms with Crippen LogP contribution in [0.15, 0.2) is 12.1 Å². The molecule has 0 spiro atoms. The maximum Gasteiger partial charge on any atom is 0.146 e. The summed E-state index contributed by atoms with van der Waals surface area (Å²) in [6, 6.07) is 3.82. The summed E-state index contributed by atoms with van der Waals surface area (Å²) < 4.78 is 25.3. The van der Waals surface area contributed by atoms with Crippen molar-refractivity contribution in [2.24, 2.45) is 0 Å². The highest BCUT2D eigenvalue weighted by molar-refractivity contribution is 5.34. The highest BCUT2D eigenvalue weighted by Gasteiger charge is 2.07. The minimum absolute atomic E-state index is 0.107. The fraction of sp³-hybridized carbons (Fsp3) is 0.125. The third kappa shape index (κ3) is 1.20. The second-order valence-electron chi connectivity index (χ2n) is 2.15. The molecule has 0 aliphatic rings. The molecule has 3 heteroatoms. The summed E-state index contributed by atoms with van der Waals surface area (Å²) in [5.41, 5.74) is -0.229. The van der Waals surface area contributed by atoms with Gasteiger partial charge in [-0.2, -0.15) is 5.26 Å². The van der Waals surface area contributed by atoms with Crippen molar-refractivity contribution >= 4 is 0 Å². The number of benzene rings is 1. The first-order valence-corrected chi connectivity index (χ1v) is 3.01. The Balaban J connectivity index is 3.40. The fourth-order valence-electron chi connectivity index (χ4n) is 0.748. The van der Waals surface area contributed by atoms with Gasteiger partial charge >= 0.3 is 0 Å². The van der Waals surface area contributed by atoms with Crippen LogP contribution in [0.1, 0.15) is 11.1 Å². The Morgan fingerprint density at radius 1 is 1.36 bits per heavy atom. The van der Waals surface area contributed by atoms with Gasteiger partial charge in [0.2, 0.25) is 0 Å². The molecule has 0 heterocycles. The normalized spacial score (nSPS) is 9.27. The maximum absolute atomic E-state index is 12.8. The molecule has 0 bridgehead atoms. The Bertz CT molecular complexity index is 326. The summed E-state index contributed by atoms with van der Waals surface area (Å²) in [6.07, 6.45) is 0. The van der Waals surface area contributed by atoms with E-state index in [1.54, 1.807) is 6.07 Å². The predicted molar refractivity (Wildman–Crippen MR) is 35.8 cm³/mol. The zero-order valence-corrected chi connectivity index (χ0v) is 5.86. The van der Waals surface area contributed by atoms with E-state index in [-0.39, 0.29) is 11.1 Å². The average Bonchev–Trinajstić information content (AvgIpc) is 2.01. The molecule has 0 amide bonds. The summed E-state index contributed by atoms with van der Waals surface area (Å²) in [6.45, 7) is 1.30. The summed E-state index contributed by atoms with van der Waals surface area (Å²) in [5.74, 6) is -1.39. The maximum atomic E-state index is 12.8. The molecule has 11 heavy (non-hydrogen) atoms. The van der Waals surface area contributed by atoms with Crippen LogP contribution in [0.4, 0.5) is 8.78 Å². The lowest BCUT2D eigenvalue weighted by molar-refractivity contribution is 0.566. The first-order valence-electron chi connectivity index (χ1n) is 3.01. The molecular formula is C8H5F2N. The van der Waals surface area contributed by atoms with Crippen LogP contribution in [-0.4, -0.2) is 0 Å². The van der Waals surface area contributed by atoms with Gasteiger partial charge in [0, 0.05) is 5.56 Å². The monoisotopic (exact) mass is 153 g/mol. The summed E-state index contributed by atoms with van der Waals surface area (Å²) in [7, 11) is 0. The van der Waals surface area contributed by atoms with E-state index in [1.807, 2.05) is 0 Å². The van der Waals surface area contributed by atoms with Crippen LogP contribution in [0, 0.1) is 29.9 Å². The van der Waals surface area contributed by atoms with Gasteiger partial charge in [0.25, 0.3) is 0 Å². The van der Waals surface area contributed by atoms with Gasteiger partial charge in [0.1, 0.15) is 17.7 Å². The molecule has 1 rings (SSSR count). The molecule has 0 N–H and O–H groups in total. The molecule has 0 saturated heterocycles. The molecule has 1 aromatic carbocycles. The van der Waals surface area contributed by atoms with Crippen LogP contribution >= 0.6 is 0 Å². The van der Waals surface area contributed by atoms with E-state index >= 15 is 0 Å². The largest absolute Gasteiger partial charge is 0.207 e. The first kappa shape index (κ1) is 7.67. The van der Waals surface area contributed by atoms with Gasteiger partial charge in [-0.1, -0.05) is 0 Å². The zero-order valence-electron chi connectivity index (χ0n) is 5.86. The third-order valence-electron chi connectivity index (χ3n) is 1.44. The van der Waals surface area contributed by atoms with Crippen molar-refractivity contribution in [3.05, 3.63) is 34.9 Å². The smallest absolute Gasteiger partial charge is 0.146 e. The van der Waals surface area contributed by atoms with Gasteiger partial charge in [-0.05, 0) is 19.1 Å². The van der Waals surface area contributed by atoms with E-state index < -0.39 is 11.6 Å². The minimum Gasteiger partial charge on any atom is -0.207 e. The topological polar surface area (TPSA) is 23.8 Å². The van der Waals surface area contributed by atoms with E-state index in [2.05, 4.69) is 0 Å². The standard InChI is InChI=1S/C8H5F2N/c1-5-7(9)3-2-6(4-11)8(5)10/h2-3H,1H3. The van der Waals surface area contributed by atoms with Crippen LogP contribution in [0.5, 0.6) is 0 Å². The Morgan fingerprint density at radius 2 is 2.00 bits per heavy atom. The van der Waals surface area contributed by atoms with Crippen LogP contribution < -0.4 is 0 Å². The average molecular weight is 153 g/mol. The van der Waals surface area contributed by atoms with E-state index in [0.29, 0.717) is 0 Å². The lowest BCUT2D eigenvalue weighted by Gasteiger charge is -1.98. The number of nitrogens with zero attached hydrogens (tertiary/aromatic N) is 1. The van der Waals surface area contributed by atoms with Gasteiger partial charge < -0.3 is 0 Å². The van der Waals surface area contributed by atoms with Gasteiger partial charge in [-0.3, -0.25) is 0 Å². The van der Waals surface area contributed by atoms with Crippen LogP contribution in [-0.2, 0) is 0 Å². The van der Waals surface area contributed by atoms with Gasteiger partial charge in [-0.15, -0.1) is 0 Å². The van der Waals surface area contributed by atoms with E-state index in [0.717, 1.165) is 12.1 Å². The van der Waals surface area contributed by atoms with Crippen LogP contribution in [0.3, 0.4) is 0 Å². The minimum atomic E-state index is -0.771. The molecule has 0 aliphatic heterocycles. The van der Waals surface area contributed by atoms with Crippen molar-refractivity contribution in [2.75, 3.05) is 0 Å². The molecule has 56 valence electrons. The molecule has 0 atom stereocenters. The lowest BCUT2D eigenvalue weighted by Crippen LogP contribution is -1.91. The molecule has 0 unspecified atom stereocenters. The third-order valence-corrected chi connectivity index (χ3v) is 1.44. The number of nitriles is 1. The van der Waals surface area contributed by atoms with Crippen molar-refractivity contribution in [3.8, 4) is 6.07 Å². The highest BCUT2D eigenvalue weighted by Crippen LogP contribution is 2.14. The van der Waals surface area contributed by atoms with Gasteiger partial charge in [-0.25, -0.2) is 8.78 Å². The quantitative estimate of drug-likeness (QED) is 0.560. The van der Waals surface area contributed by atoms with Gasteiger partial charge in [0.05, 0.1) is 5.56 Å². The Hall–Kier alpha value is -1.43. The van der Waals surface area contributed by atoms with Gasteiger partial charge in [0.15, 0.2) is 0 Å². The molecule has 0 fully saturated rings. The summed E-state index contributed by atoms with van der Waals surface area (Å²) in [4.78, 5) is 0. The first-order chi connectivity index (χ1) is 5.16. The predicted octanol–water partition coefficient (Wildman–Crippen LogP) is 2.14. The SMILES string of the molecule is Cc1c(F)ccc(C#N)c1F. The Kier molecular flexibility index (Phi) is 1.86. The van der Waals surface area contributed by atoms with Crippen LogP contribution in [0.2, 0.25) is 0 Å². The number of halogens is 2. The second-order valence-corrected chi connectivity index (χ2v) is 2.15. The molecule has 0 radical (unpaired) electrons. The number of rotatable bonds is 0. The van der Waals surface area contributed by atoms with E-state index in [4.69, 9.17) is 5.26 Å². The van der Waals surface area contributed by atoms with Crippen molar-refractivity contribution in [2.45, 2.75) is 6.92 Å². The zero-order chi connectivity index (χ0) is 8.43. The number of hydrogen-bond donors (Lipinski definition) is 0. The molecule has 1 aromatic rings.